The van der Waals surface area contributed by atoms with Gasteiger partial charge in [-0.2, -0.15) is 0 Å². The van der Waals surface area contributed by atoms with E-state index in [1.165, 1.54) is 24.1 Å². The maximum Gasteiger partial charge on any atom is 0.295 e. The van der Waals surface area contributed by atoms with Gasteiger partial charge in [-0.05, 0) is 43.3 Å². The van der Waals surface area contributed by atoms with E-state index in [9.17, 15) is 19.8 Å². The van der Waals surface area contributed by atoms with E-state index in [4.69, 9.17) is 4.74 Å². The number of amides is 1. The van der Waals surface area contributed by atoms with Crippen molar-refractivity contribution in [3.05, 3.63) is 64.7 Å². The van der Waals surface area contributed by atoms with E-state index in [1.54, 1.807) is 6.07 Å². The molecule has 1 heterocycles. The molecule has 1 unspecified atom stereocenters. The minimum absolute atomic E-state index is 0.0356. The lowest BCUT2D eigenvalue weighted by Crippen LogP contribution is -2.35. The molecule has 2 aromatic carbocycles. The Labute approximate surface area is 188 Å². The van der Waals surface area contributed by atoms with Crippen LogP contribution in [0.2, 0.25) is 0 Å². The van der Waals surface area contributed by atoms with Gasteiger partial charge in [0.2, 0.25) is 0 Å². The number of ether oxygens (including phenoxy) is 1. The first-order valence-corrected chi connectivity index (χ1v) is 10.6. The van der Waals surface area contributed by atoms with E-state index in [1.807, 2.05) is 43.3 Å². The summed E-state index contributed by atoms with van der Waals surface area (Å²) in [5.74, 6) is -1.34. The number of carbonyl (C=O) groups excluding carboxylic acids is 2. The second-order valence-electron chi connectivity index (χ2n) is 8.50. The number of likely N-dealkylation sites (N-methyl/N-ethyl adjacent to an activating group) is 1. The molecular formula is C25H30N2O5. The number of nitrogens with zero attached hydrogens (tertiary/aromatic N) is 2. The Morgan fingerprint density at radius 3 is 2.31 bits per heavy atom. The third kappa shape index (κ3) is 4.48. The number of rotatable bonds is 7. The van der Waals surface area contributed by atoms with Crippen LogP contribution in [0.1, 0.15) is 42.5 Å². The number of hydrogen-bond acceptors (Lipinski definition) is 6. The summed E-state index contributed by atoms with van der Waals surface area (Å²) < 4.78 is 5.09. The van der Waals surface area contributed by atoms with Crippen LogP contribution >= 0.6 is 0 Å². The van der Waals surface area contributed by atoms with Crippen molar-refractivity contribution in [3.63, 3.8) is 0 Å². The third-order valence-electron chi connectivity index (χ3n) is 5.71. The molecule has 2 N–H and O–H groups in total. The average molecular weight is 439 g/mol. The van der Waals surface area contributed by atoms with Crippen LogP contribution < -0.4 is 4.74 Å². The Kier molecular flexibility index (Phi) is 6.89. The Morgan fingerprint density at radius 2 is 1.78 bits per heavy atom. The van der Waals surface area contributed by atoms with Gasteiger partial charge in [0.1, 0.15) is 17.3 Å². The van der Waals surface area contributed by atoms with E-state index < -0.39 is 23.5 Å². The Hall–Kier alpha value is -3.32. The van der Waals surface area contributed by atoms with E-state index in [0.717, 1.165) is 11.1 Å². The summed E-state index contributed by atoms with van der Waals surface area (Å²) in [5.41, 5.74) is 1.89. The van der Waals surface area contributed by atoms with Crippen LogP contribution in [0.3, 0.4) is 0 Å². The summed E-state index contributed by atoms with van der Waals surface area (Å²) in [6, 6.07) is 11.3. The Bertz CT molecular complexity index is 1040. The molecule has 1 saturated heterocycles. The van der Waals surface area contributed by atoms with Gasteiger partial charge in [-0.3, -0.25) is 9.59 Å². The number of phenols is 1. The highest BCUT2D eigenvalue weighted by atomic mass is 16.5. The monoisotopic (exact) mass is 438 g/mol. The molecule has 0 bridgehead atoms. The number of carbonyl (C=O) groups is 2. The fraction of sp³-hybridized carbons (Fsp3) is 0.360. The van der Waals surface area contributed by atoms with Crippen LogP contribution in [0.15, 0.2) is 48.0 Å². The van der Waals surface area contributed by atoms with Crippen molar-refractivity contribution in [1.29, 1.82) is 0 Å². The minimum Gasteiger partial charge on any atom is -0.507 e. The maximum absolute atomic E-state index is 13.0. The standard InChI is InChI=1S/C25H30N2O5/c1-15(2)16-6-8-17(9-7-16)22-21(24(30)25(31)27(22)13-12-26(3)4)23(29)19-11-10-18(32-5)14-20(19)28/h6-11,14-15,22,28-29H,12-13H2,1-5H3. The van der Waals surface area contributed by atoms with Crippen molar-refractivity contribution in [1.82, 2.24) is 9.80 Å². The molecule has 1 fully saturated rings. The molecule has 1 aliphatic rings. The first-order chi connectivity index (χ1) is 15.1. The molecule has 0 aliphatic carbocycles. The topological polar surface area (TPSA) is 90.3 Å². The molecule has 2 aromatic rings. The lowest BCUT2D eigenvalue weighted by molar-refractivity contribution is -0.140. The summed E-state index contributed by atoms with van der Waals surface area (Å²) in [5, 5.41) is 21.5. The van der Waals surface area contributed by atoms with Crippen molar-refractivity contribution >= 4 is 17.4 Å². The summed E-state index contributed by atoms with van der Waals surface area (Å²) in [6.45, 7) is 5.05. The highest BCUT2D eigenvalue weighted by Crippen LogP contribution is 2.41. The molecule has 1 aliphatic heterocycles. The number of ketones is 1. The molecule has 7 heteroatoms. The second kappa shape index (κ2) is 9.44. The second-order valence-corrected chi connectivity index (χ2v) is 8.50. The third-order valence-corrected chi connectivity index (χ3v) is 5.71. The highest BCUT2D eigenvalue weighted by molar-refractivity contribution is 6.46. The van der Waals surface area contributed by atoms with Gasteiger partial charge < -0.3 is 24.7 Å². The average Bonchev–Trinajstić information content (AvgIpc) is 3.01. The van der Waals surface area contributed by atoms with Crippen molar-refractivity contribution in [2.45, 2.75) is 25.8 Å². The highest BCUT2D eigenvalue weighted by Gasteiger charge is 2.46. The van der Waals surface area contributed by atoms with Gasteiger partial charge in [-0.15, -0.1) is 0 Å². The molecule has 0 spiro atoms. The molecule has 3 rings (SSSR count). The molecule has 7 nitrogen and oxygen atoms in total. The van der Waals surface area contributed by atoms with Crippen LogP contribution in [-0.2, 0) is 9.59 Å². The molecule has 0 aromatic heterocycles. The summed E-state index contributed by atoms with van der Waals surface area (Å²) in [4.78, 5) is 29.4. The van der Waals surface area contributed by atoms with Gasteiger partial charge in [-0.25, -0.2) is 0 Å². The van der Waals surface area contributed by atoms with Gasteiger partial charge in [0, 0.05) is 19.2 Å². The zero-order valence-electron chi connectivity index (χ0n) is 19.1. The number of aliphatic hydroxyl groups is 1. The number of aromatic hydroxyl groups is 1. The molecule has 0 saturated carbocycles. The van der Waals surface area contributed by atoms with E-state index >= 15 is 0 Å². The smallest absolute Gasteiger partial charge is 0.295 e. The summed E-state index contributed by atoms with van der Waals surface area (Å²) in [6.07, 6.45) is 0. The van der Waals surface area contributed by atoms with Crippen molar-refractivity contribution < 1.29 is 24.5 Å². The number of phenolic OH excluding ortho intramolecular Hbond substituents is 1. The van der Waals surface area contributed by atoms with Crippen molar-refractivity contribution in [3.8, 4) is 11.5 Å². The number of hydrogen-bond donors (Lipinski definition) is 2. The first kappa shape index (κ1) is 23.3. The van der Waals surface area contributed by atoms with Gasteiger partial charge in [0.25, 0.3) is 11.7 Å². The molecule has 1 atom stereocenters. The number of methoxy groups -OCH3 is 1. The molecule has 170 valence electrons. The number of Topliss-reactive ketones (excluding diaryl/α,β-unsaturated/α-hetero) is 1. The molecule has 32 heavy (non-hydrogen) atoms. The summed E-state index contributed by atoms with van der Waals surface area (Å²) in [7, 11) is 5.24. The van der Waals surface area contributed by atoms with Crippen molar-refractivity contribution in [2.24, 2.45) is 0 Å². The summed E-state index contributed by atoms with van der Waals surface area (Å²) >= 11 is 0. The minimum atomic E-state index is -0.769. The Morgan fingerprint density at radius 1 is 1.12 bits per heavy atom. The zero-order valence-corrected chi connectivity index (χ0v) is 19.1. The SMILES string of the molecule is COc1ccc(C(O)=C2C(=O)C(=O)N(CCN(C)C)C2c2ccc(C(C)C)cc2)c(O)c1. The largest absolute Gasteiger partial charge is 0.507 e. The molecular weight excluding hydrogens is 408 g/mol. The molecule has 0 radical (unpaired) electrons. The zero-order chi connectivity index (χ0) is 23.6. The van der Waals surface area contributed by atoms with E-state index in [0.29, 0.717) is 24.8 Å². The van der Waals surface area contributed by atoms with Gasteiger partial charge >= 0.3 is 0 Å². The van der Waals surface area contributed by atoms with Crippen LogP contribution in [0.4, 0.5) is 0 Å². The number of benzene rings is 2. The fourth-order valence-electron chi connectivity index (χ4n) is 3.81. The first-order valence-electron chi connectivity index (χ1n) is 10.6. The molecule has 1 amide bonds. The predicted octanol–water partition coefficient (Wildman–Crippen LogP) is 3.51. The van der Waals surface area contributed by atoms with E-state index in [2.05, 4.69) is 13.8 Å². The van der Waals surface area contributed by atoms with Crippen molar-refractivity contribution in [2.75, 3.05) is 34.3 Å². The van der Waals surface area contributed by atoms with E-state index in [-0.39, 0.29) is 16.9 Å². The Balaban J connectivity index is 2.15. The number of likely N-dealkylation sites (tertiary alicyclic amines) is 1. The fourth-order valence-corrected chi connectivity index (χ4v) is 3.81. The lowest BCUT2D eigenvalue weighted by Gasteiger charge is -2.27. The van der Waals surface area contributed by atoms with Gasteiger partial charge in [0.15, 0.2) is 0 Å². The maximum atomic E-state index is 13.0. The van der Waals surface area contributed by atoms with Crippen LogP contribution in [0.5, 0.6) is 11.5 Å². The number of aliphatic hydroxyl groups excluding tert-OH is 1. The van der Waals surface area contributed by atoms with Gasteiger partial charge in [-0.1, -0.05) is 38.1 Å². The van der Waals surface area contributed by atoms with Gasteiger partial charge in [0.05, 0.1) is 24.3 Å². The quantitative estimate of drug-likeness (QED) is 0.391. The van der Waals surface area contributed by atoms with Crippen LogP contribution in [-0.4, -0.2) is 66.0 Å². The normalized spacial score (nSPS) is 18.1. The predicted molar refractivity (Wildman–Crippen MR) is 123 cm³/mol. The van der Waals surface area contributed by atoms with Crippen LogP contribution in [0, 0.1) is 0 Å². The van der Waals surface area contributed by atoms with Crippen LogP contribution in [0.25, 0.3) is 5.76 Å². The lowest BCUT2D eigenvalue weighted by atomic mass is 9.93.